The molecule has 0 aromatic carbocycles. The lowest BCUT2D eigenvalue weighted by Gasteiger charge is -2.24. The summed E-state index contributed by atoms with van der Waals surface area (Å²) in [5.41, 5.74) is -0.232. The summed E-state index contributed by atoms with van der Waals surface area (Å²) < 4.78 is 11.4. The predicted octanol–water partition coefficient (Wildman–Crippen LogP) is 1.73. The van der Waals surface area contributed by atoms with Crippen LogP contribution in [0.3, 0.4) is 0 Å². The Balaban J connectivity index is 1.76. The van der Waals surface area contributed by atoms with Crippen LogP contribution in [0.25, 0.3) is 0 Å². The van der Waals surface area contributed by atoms with E-state index in [2.05, 4.69) is 4.90 Å². The zero-order chi connectivity index (χ0) is 14.0. The van der Waals surface area contributed by atoms with Crippen molar-refractivity contribution in [2.24, 2.45) is 11.3 Å². The van der Waals surface area contributed by atoms with Gasteiger partial charge in [-0.15, -0.1) is 0 Å². The number of carbonyl (C=O) groups excluding carboxylic acids is 1. The van der Waals surface area contributed by atoms with Crippen molar-refractivity contribution in [2.45, 2.75) is 46.3 Å². The molecule has 0 aromatic heterocycles. The van der Waals surface area contributed by atoms with Crippen LogP contribution in [0, 0.1) is 11.3 Å². The third-order valence-corrected chi connectivity index (χ3v) is 4.10. The Kier molecular flexibility index (Phi) is 4.64. The average Bonchev–Trinajstić information content (AvgIpc) is 2.76. The van der Waals surface area contributed by atoms with E-state index in [9.17, 15) is 4.79 Å². The minimum Gasteiger partial charge on any atom is -0.372 e. The molecule has 4 heteroatoms. The van der Waals surface area contributed by atoms with Gasteiger partial charge in [0.05, 0.1) is 25.4 Å². The molecule has 2 fully saturated rings. The van der Waals surface area contributed by atoms with Gasteiger partial charge in [-0.1, -0.05) is 27.7 Å². The smallest absolute Gasteiger partial charge is 0.141 e. The van der Waals surface area contributed by atoms with E-state index in [0.717, 1.165) is 26.1 Å². The number of hydrogen-bond acceptors (Lipinski definition) is 4. The van der Waals surface area contributed by atoms with Gasteiger partial charge in [0, 0.05) is 24.4 Å². The van der Waals surface area contributed by atoms with E-state index in [1.807, 2.05) is 27.7 Å². The first-order valence-corrected chi connectivity index (χ1v) is 7.38. The fourth-order valence-electron chi connectivity index (χ4n) is 2.97. The molecule has 110 valence electrons. The molecule has 1 unspecified atom stereocenters. The number of hydrogen-bond donors (Lipinski definition) is 0. The van der Waals surface area contributed by atoms with Crippen LogP contribution in [0.5, 0.6) is 0 Å². The van der Waals surface area contributed by atoms with Gasteiger partial charge in [-0.3, -0.25) is 9.69 Å². The fraction of sp³-hybridized carbons (Fsp3) is 0.933. The summed E-state index contributed by atoms with van der Waals surface area (Å²) in [5, 5.41) is 0. The van der Waals surface area contributed by atoms with E-state index in [0.29, 0.717) is 19.0 Å². The second-order valence-corrected chi connectivity index (χ2v) is 6.88. The summed E-state index contributed by atoms with van der Waals surface area (Å²) in [6.07, 6.45) is 1.40. The normalized spacial score (nSPS) is 30.1. The Morgan fingerprint density at radius 2 is 1.74 bits per heavy atom. The quantitative estimate of drug-likeness (QED) is 0.779. The van der Waals surface area contributed by atoms with Crippen molar-refractivity contribution in [1.29, 1.82) is 0 Å². The Morgan fingerprint density at radius 1 is 1.21 bits per heavy atom. The second-order valence-electron chi connectivity index (χ2n) is 6.88. The van der Waals surface area contributed by atoms with Gasteiger partial charge < -0.3 is 9.47 Å². The van der Waals surface area contributed by atoms with Crippen molar-refractivity contribution in [1.82, 2.24) is 4.90 Å². The van der Waals surface area contributed by atoms with E-state index in [-0.39, 0.29) is 23.5 Å². The molecule has 2 aliphatic heterocycles. The van der Waals surface area contributed by atoms with E-state index in [4.69, 9.17) is 9.47 Å². The maximum absolute atomic E-state index is 12.2. The van der Waals surface area contributed by atoms with Gasteiger partial charge in [0.1, 0.15) is 5.78 Å². The molecular weight excluding hydrogens is 242 g/mol. The van der Waals surface area contributed by atoms with E-state index < -0.39 is 0 Å². The number of rotatable bonds is 4. The van der Waals surface area contributed by atoms with Crippen LogP contribution < -0.4 is 0 Å². The standard InChI is InChI=1S/C15H27NO3/c1-11(14(17)15(2,3)4)5-6-16-9-12-13(10-16)19-8-7-18-12/h11-13H,5-10H2,1-4H3/t11?,12-,13+. The van der Waals surface area contributed by atoms with E-state index >= 15 is 0 Å². The van der Waals surface area contributed by atoms with Crippen LogP contribution in [0.15, 0.2) is 0 Å². The van der Waals surface area contributed by atoms with Crippen molar-refractivity contribution >= 4 is 5.78 Å². The summed E-state index contributed by atoms with van der Waals surface area (Å²) in [4.78, 5) is 14.5. The van der Waals surface area contributed by atoms with Gasteiger partial charge in [-0.2, -0.15) is 0 Å². The third-order valence-electron chi connectivity index (χ3n) is 4.10. The van der Waals surface area contributed by atoms with Crippen LogP contribution in [-0.4, -0.2) is 55.7 Å². The van der Waals surface area contributed by atoms with Gasteiger partial charge in [-0.25, -0.2) is 0 Å². The van der Waals surface area contributed by atoms with Crippen LogP contribution in [0.1, 0.15) is 34.1 Å². The number of carbonyl (C=O) groups is 1. The Bertz CT molecular complexity index is 310. The lowest BCUT2D eigenvalue weighted by molar-refractivity contribution is -0.130. The highest BCUT2D eigenvalue weighted by molar-refractivity contribution is 5.85. The van der Waals surface area contributed by atoms with Gasteiger partial charge >= 0.3 is 0 Å². The minimum atomic E-state index is -0.232. The number of fused-ring (bicyclic) bond motifs is 1. The first-order valence-electron chi connectivity index (χ1n) is 7.38. The lowest BCUT2D eigenvalue weighted by atomic mass is 9.82. The first-order chi connectivity index (χ1) is 8.88. The van der Waals surface area contributed by atoms with Crippen molar-refractivity contribution in [3.05, 3.63) is 0 Å². The monoisotopic (exact) mass is 269 g/mol. The molecule has 19 heavy (non-hydrogen) atoms. The largest absolute Gasteiger partial charge is 0.372 e. The molecule has 0 aromatic rings. The molecule has 0 N–H and O–H groups in total. The molecule has 0 aliphatic carbocycles. The average molecular weight is 269 g/mol. The first kappa shape index (κ1) is 14.9. The third kappa shape index (κ3) is 3.77. The number of nitrogens with zero attached hydrogens (tertiary/aromatic N) is 1. The van der Waals surface area contributed by atoms with E-state index in [1.165, 1.54) is 0 Å². The summed E-state index contributed by atoms with van der Waals surface area (Å²) in [7, 11) is 0. The zero-order valence-corrected chi connectivity index (χ0v) is 12.6. The molecule has 0 radical (unpaired) electrons. The molecule has 0 spiro atoms. The molecule has 4 nitrogen and oxygen atoms in total. The predicted molar refractivity (Wildman–Crippen MR) is 74.2 cm³/mol. The Morgan fingerprint density at radius 3 is 2.21 bits per heavy atom. The molecule has 2 aliphatic rings. The van der Waals surface area contributed by atoms with Gasteiger partial charge in [0.2, 0.25) is 0 Å². The highest BCUT2D eigenvalue weighted by Crippen LogP contribution is 2.24. The number of ketones is 1. The van der Waals surface area contributed by atoms with Crippen molar-refractivity contribution in [3.63, 3.8) is 0 Å². The molecular formula is C15H27NO3. The molecule has 0 bridgehead atoms. The highest BCUT2D eigenvalue weighted by atomic mass is 16.6. The molecule has 2 heterocycles. The summed E-state index contributed by atoms with van der Waals surface area (Å²) >= 11 is 0. The van der Waals surface area contributed by atoms with E-state index in [1.54, 1.807) is 0 Å². The van der Waals surface area contributed by atoms with Crippen LogP contribution in [0.4, 0.5) is 0 Å². The second kappa shape index (κ2) is 5.90. The molecule has 2 rings (SSSR count). The lowest BCUT2D eigenvalue weighted by Crippen LogP contribution is -2.36. The molecule has 0 amide bonds. The fourth-order valence-corrected chi connectivity index (χ4v) is 2.97. The topological polar surface area (TPSA) is 38.8 Å². The number of Topliss-reactive ketones (excluding diaryl/α,β-unsaturated/α-hetero) is 1. The van der Waals surface area contributed by atoms with Gasteiger partial charge in [0.25, 0.3) is 0 Å². The van der Waals surface area contributed by atoms with Crippen molar-refractivity contribution < 1.29 is 14.3 Å². The molecule has 3 atom stereocenters. The highest BCUT2D eigenvalue weighted by Gasteiger charge is 2.36. The van der Waals surface area contributed by atoms with Crippen LogP contribution in [0.2, 0.25) is 0 Å². The summed E-state index contributed by atoms with van der Waals surface area (Å²) in [6.45, 7) is 12.3. The maximum atomic E-state index is 12.2. The molecule has 2 saturated heterocycles. The Hall–Kier alpha value is -0.450. The Labute approximate surface area is 116 Å². The van der Waals surface area contributed by atoms with Gasteiger partial charge in [0.15, 0.2) is 0 Å². The SMILES string of the molecule is CC(CCN1C[C@@H]2OCCO[C@@H]2C1)C(=O)C(C)(C)C. The number of likely N-dealkylation sites (tertiary alicyclic amines) is 1. The minimum absolute atomic E-state index is 0.129. The van der Waals surface area contributed by atoms with Crippen molar-refractivity contribution in [2.75, 3.05) is 32.8 Å². The molecule has 0 saturated carbocycles. The zero-order valence-electron chi connectivity index (χ0n) is 12.6. The van der Waals surface area contributed by atoms with Gasteiger partial charge in [-0.05, 0) is 13.0 Å². The van der Waals surface area contributed by atoms with Crippen molar-refractivity contribution in [3.8, 4) is 0 Å². The number of ether oxygens (including phenoxy) is 2. The summed E-state index contributed by atoms with van der Waals surface area (Å²) in [5.74, 6) is 0.487. The van der Waals surface area contributed by atoms with Crippen LogP contribution in [-0.2, 0) is 14.3 Å². The summed E-state index contributed by atoms with van der Waals surface area (Å²) in [6, 6.07) is 0. The van der Waals surface area contributed by atoms with Crippen LogP contribution >= 0.6 is 0 Å². The maximum Gasteiger partial charge on any atom is 0.141 e.